The molecule has 0 spiro atoms. The molecule has 0 fully saturated rings. The summed E-state index contributed by atoms with van der Waals surface area (Å²) < 4.78 is 40.4. The lowest BCUT2D eigenvalue weighted by molar-refractivity contribution is 0.0822. The Morgan fingerprint density at radius 3 is 2.54 bits per heavy atom. The van der Waals surface area contributed by atoms with E-state index in [4.69, 9.17) is 9.47 Å². The summed E-state index contributed by atoms with van der Waals surface area (Å²) in [5.74, 6) is 0.469. The number of benzene rings is 1. The van der Waals surface area contributed by atoms with E-state index in [0.717, 1.165) is 0 Å². The topological polar surface area (TPSA) is 103 Å². The number of nitrogens with zero attached hydrogens (tertiary/aromatic N) is 3. The average molecular weight is 380 g/mol. The molecule has 1 amide bonds. The van der Waals surface area contributed by atoms with Gasteiger partial charge in [-0.1, -0.05) is 0 Å². The molecule has 140 valence electrons. The number of hydrogen-bond donors (Lipinski definition) is 1. The molecule has 0 unspecified atom stereocenters. The van der Waals surface area contributed by atoms with Gasteiger partial charge in [0.15, 0.2) is 17.2 Å². The van der Waals surface area contributed by atoms with E-state index in [1.165, 1.54) is 21.7 Å². The van der Waals surface area contributed by atoms with Crippen LogP contribution < -0.4 is 14.2 Å². The number of carbonyl (C=O) groups excluding carboxylic acids is 1. The number of sulfonamides is 1. The largest absolute Gasteiger partial charge is 0.486 e. The summed E-state index contributed by atoms with van der Waals surface area (Å²) in [6.45, 7) is 2.45. The highest BCUT2D eigenvalue weighted by molar-refractivity contribution is 7.92. The van der Waals surface area contributed by atoms with E-state index in [0.29, 0.717) is 30.4 Å². The van der Waals surface area contributed by atoms with Crippen molar-refractivity contribution < 1.29 is 22.7 Å². The van der Waals surface area contributed by atoms with Crippen molar-refractivity contribution in [1.82, 2.24) is 14.7 Å². The number of fused-ring (bicyclic) bond motifs is 1. The van der Waals surface area contributed by atoms with Crippen LogP contribution in [0.15, 0.2) is 23.1 Å². The van der Waals surface area contributed by atoms with Crippen LogP contribution in [0.5, 0.6) is 11.5 Å². The van der Waals surface area contributed by atoms with E-state index in [2.05, 4.69) is 9.82 Å². The first kappa shape index (κ1) is 18.1. The average Bonchev–Trinajstić information content (AvgIpc) is 2.88. The number of aromatic nitrogens is 2. The first-order valence-corrected chi connectivity index (χ1v) is 9.36. The quantitative estimate of drug-likeness (QED) is 0.849. The highest BCUT2D eigenvalue weighted by Gasteiger charge is 2.26. The summed E-state index contributed by atoms with van der Waals surface area (Å²) >= 11 is 0. The molecule has 2 aromatic rings. The van der Waals surface area contributed by atoms with Crippen molar-refractivity contribution >= 4 is 21.6 Å². The summed E-state index contributed by atoms with van der Waals surface area (Å²) in [6.07, 6.45) is 0. The number of carbonyl (C=O) groups is 1. The SMILES string of the molecule is Cc1c(NS(=O)(=O)c2ccc3c(c2)OCCO3)c(C(=O)N(C)C)nn1C. The molecule has 1 aliphatic rings. The summed E-state index contributed by atoms with van der Waals surface area (Å²) in [5.41, 5.74) is 0.716. The zero-order valence-electron chi connectivity index (χ0n) is 14.9. The molecule has 26 heavy (non-hydrogen) atoms. The summed E-state index contributed by atoms with van der Waals surface area (Å²) in [5, 5.41) is 4.13. The van der Waals surface area contributed by atoms with Crippen molar-refractivity contribution in [3.05, 3.63) is 29.6 Å². The minimum atomic E-state index is -3.95. The van der Waals surface area contributed by atoms with Crippen molar-refractivity contribution in [3.8, 4) is 11.5 Å². The number of hydrogen-bond acceptors (Lipinski definition) is 6. The Morgan fingerprint density at radius 1 is 1.23 bits per heavy atom. The van der Waals surface area contributed by atoms with Gasteiger partial charge >= 0.3 is 0 Å². The van der Waals surface area contributed by atoms with Crippen LogP contribution in [0.3, 0.4) is 0 Å². The first-order valence-electron chi connectivity index (χ1n) is 7.88. The van der Waals surface area contributed by atoms with Crippen molar-refractivity contribution in [3.63, 3.8) is 0 Å². The van der Waals surface area contributed by atoms with Crippen molar-refractivity contribution in [2.75, 3.05) is 32.0 Å². The second-order valence-corrected chi connectivity index (χ2v) is 7.73. The molecule has 2 heterocycles. The molecule has 1 aliphatic heterocycles. The monoisotopic (exact) mass is 380 g/mol. The second-order valence-electron chi connectivity index (χ2n) is 6.04. The zero-order valence-corrected chi connectivity index (χ0v) is 15.8. The van der Waals surface area contributed by atoms with Gasteiger partial charge in [-0.05, 0) is 19.1 Å². The van der Waals surface area contributed by atoms with Crippen LogP contribution in [-0.4, -0.2) is 56.3 Å². The van der Waals surface area contributed by atoms with Gasteiger partial charge in [0.1, 0.15) is 18.9 Å². The predicted octanol–water partition coefficient (Wildman–Crippen LogP) is 1.00. The Hall–Kier alpha value is -2.75. The molecule has 1 aromatic carbocycles. The van der Waals surface area contributed by atoms with E-state index in [-0.39, 0.29) is 16.3 Å². The van der Waals surface area contributed by atoms with Gasteiger partial charge in [-0.3, -0.25) is 14.2 Å². The first-order chi connectivity index (χ1) is 12.2. The van der Waals surface area contributed by atoms with Gasteiger partial charge in [0, 0.05) is 27.2 Å². The van der Waals surface area contributed by atoms with Crippen molar-refractivity contribution in [1.29, 1.82) is 0 Å². The van der Waals surface area contributed by atoms with Gasteiger partial charge in [0.05, 0.1) is 10.6 Å². The highest BCUT2D eigenvalue weighted by atomic mass is 32.2. The molecular formula is C16H20N4O5S. The molecule has 1 N–H and O–H groups in total. The predicted molar refractivity (Wildman–Crippen MR) is 94.2 cm³/mol. The van der Waals surface area contributed by atoms with E-state index < -0.39 is 15.9 Å². The Bertz CT molecular complexity index is 965. The molecule has 0 saturated heterocycles. The third-order valence-corrected chi connectivity index (χ3v) is 5.35. The molecular weight excluding hydrogens is 360 g/mol. The maximum atomic E-state index is 12.8. The second kappa shape index (κ2) is 6.52. The van der Waals surface area contributed by atoms with Crippen molar-refractivity contribution in [2.45, 2.75) is 11.8 Å². The smallest absolute Gasteiger partial charge is 0.276 e. The maximum Gasteiger partial charge on any atom is 0.276 e. The fourth-order valence-corrected chi connectivity index (χ4v) is 3.62. The molecule has 9 nitrogen and oxygen atoms in total. The van der Waals surface area contributed by atoms with Gasteiger partial charge in [-0.25, -0.2) is 8.42 Å². The molecule has 3 rings (SSSR count). The van der Waals surface area contributed by atoms with Gasteiger partial charge in [-0.15, -0.1) is 0 Å². The standard InChI is InChI=1S/C16H20N4O5S/c1-10-14(15(17-20(10)4)16(21)19(2)3)18-26(22,23)11-5-6-12-13(9-11)25-8-7-24-12/h5-6,9,18H,7-8H2,1-4H3. The van der Waals surface area contributed by atoms with Gasteiger partial charge in [0.2, 0.25) is 0 Å². The summed E-state index contributed by atoms with van der Waals surface area (Å²) in [6, 6.07) is 4.37. The minimum Gasteiger partial charge on any atom is -0.486 e. The van der Waals surface area contributed by atoms with E-state index >= 15 is 0 Å². The van der Waals surface area contributed by atoms with Gasteiger partial charge < -0.3 is 14.4 Å². The van der Waals surface area contributed by atoms with Crippen LogP contribution in [0.25, 0.3) is 0 Å². The Balaban J connectivity index is 1.99. The van der Waals surface area contributed by atoms with Crippen LogP contribution in [0.4, 0.5) is 5.69 Å². The number of ether oxygens (including phenoxy) is 2. The van der Waals surface area contributed by atoms with Gasteiger partial charge in [-0.2, -0.15) is 5.10 Å². The van der Waals surface area contributed by atoms with Crippen LogP contribution in [0, 0.1) is 6.92 Å². The van der Waals surface area contributed by atoms with E-state index in [1.807, 2.05) is 0 Å². The number of anilines is 1. The molecule has 0 aliphatic carbocycles. The lowest BCUT2D eigenvalue weighted by Crippen LogP contribution is -2.24. The van der Waals surface area contributed by atoms with Crippen LogP contribution >= 0.6 is 0 Å². The molecule has 0 radical (unpaired) electrons. The van der Waals surface area contributed by atoms with Crippen LogP contribution in [-0.2, 0) is 17.1 Å². The Kier molecular flexibility index (Phi) is 4.53. The zero-order chi connectivity index (χ0) is 19.1. The number of nitrogens with one attached hydrogen (secondary N) is 1. The fraction of sp³-hybridized carbons (Fsp3) is 0.375. The number of aryl methyl sites for hydroxylation is 1. The highest BCUT2D eigenvalue weighted by Crippen LogP contribution is 2.33. The molecule has 10 heteroatoms. The summed E-state index contributed by atoms with van der Waals surface area (Å²) in [4.78, 5) is 13.7. The van der Waals surface area contributed by atoms with E-state index in [1.54, 1.807) is 34.1 Å². The van der Waals surface area contributed by atoms with Crippen LogP contribution in [0.1, 0.15) is 16.2 Å². The lowest BCUT2D eigenvalue weighted by Gasteiger charge is -2.19. The Morgan fingerprint density at radius 2 is 1.88 bits per heavy atom. The van der Waals surface area contributed by atoms with Crippen molar-refractivity contribution in [2.24, 2.45) is 7.05 Å². The third kappa shape index (κ3) is 3.19. The third-order valence-electron chi connectivity index (χ3n) is 4.00. The molecule has 0 saturated carbocycles. The fourth-order valence-electron chi connectivity index (χ4n) is 2.48. The number of amides is 1. The molecule has 0 atom stereocenters. The molecule has 1 aromatic heterocycles. The Labute approximate surface area is 151 Å². The minimum absolute atomic E-state index is 0.00764. The molecule has 0 bridgehead atoms. The lowest BCUT2D eigenvalue weighted by atomic mass is 10.3. The van der Waals surface area contributed by atoms with E-state index in [9.17, 15) is 13.2 Å². The van der Waals surface area contributed by atoms with Gasteiger partial charge in [0.25, 0.3) is 15.9 Å². The normalized spacial score (nSPS) is 13.4. The number of rotatable bonds is 4. The summed E-state index contributed by atoms with van der Waals surface area (Å²) in [7, 11) is 0.845. The van der Waals surface area contributed by atoms with Crippen LogP contribution in [0.2, 0.25) is 0 Å². The maximum absolute atomic E-state index is 12.8.